The Labute approximate surface area is 185 Å². The summed E-state index contributed by atoms with van der Waals surface area (Å²) in [6, 6.07) is 15.8. The molecule has 0 aliphatic carbocycles. The SMILES string of the molecule is COc1ccc(CN(Cc2ccc(OC)cc2)c2nc(OC)c(CC(F)F)cc2F)cc1. The quantitative estimate of drug-likeness (QED) is 0.425. The number of anilines is 1. The molecule has 3 aromatic rings. The van der Waals surface area contributed by atoms with Crippen molar-refractivity contribution in [3.05, 3.63) is 77.1 Å². The standard InChI is InChI=1S/C24H25F3N2O3/c1-30-19-8-4-16(5-9-19)14-29(15-17-6-10-20(31-2)11-7-17)23-21(25)12-18(13-22(26)27)24(28-23)32-3/h4-12,22H,13-15H2,1-3H3. The van der Waals surface area contributed by atoms with Crippen LogP contribution >= 0.6 is 0 Å². The molecule has 32 heavy (non-hydrogen) atoms. The molecule has 0 bridgehead atoms. The van der Waals surface area contributed by atoms with Gasteiger partial charge in [-0.2, -0.15) is 4.98 Å². The number of rotatable bonds is 10. The summed E-state index contributed by atoms with van der Waals surface area (Å²) < 4.78 is 56.4. The van der Waals surface area contributed by atoms with Gasteiger partial charge >= 0.3 is 0 Å². The van der Waals surface area contributed by atoms with Gasteiger partial charge in [0.05, 0.1) is 21.3 Å². The van der Waals surface area contributed by atoms with Gasteiger partial charge in [0, 0.05) is 25.1 Å². The van der Waals surface area contributed by atoms with Crippen LogP contribution in [0, 0.1) is 5.82 Å². The second-order valence-corrected chi connectivity index (χ2v) is 7.11. The highest BCUT2D eigenvalue weighted by Gasteiger charge is 2.21. The molecule has 0 saturated heterocycles. The molecule has 0 N–H and O–H groups in total. The van der Waals surface area contributed by atoms with Crippen molar-refractivity contribution >= 4 is 5.82 Å². The summed E-state index contributed by atoms with van der Waals surface area (Å²) in [7, 11) is 4.49. The van der Waals surface area contributed by atoms with Crippen molar-refractivity contribution in [3.8, 4) is 17.4 Å². The monoisotopic (exact) mass is 446 g/mol. The summed E-state index contributed by atoms with van der Waals surface area (Å²) in [5.74, 6) is 0.724. The Balaban J connectivity index is 1.97. The van der Waals surface area contributed by atoms with E-state index in [9.17, 15) is 8.78 Å². The Morgan fingerprint density at radius 3 is 1.72 bits per heavy atom. The smallest absolute Gasteiger partial charge is 0.242 e. The average molecular weight is 446 g/mol. The maximum Gasteiger partial charge on any atom is 0.242 e. The summed E-state index contributed by atoms with van der Waals surface area (Å²) in [4.78, 5) is 5.98. The molecule has 1 aromatic heterocycles. The molecule has 0 amide bonds. The van der Waals surface area contributed by atoms with Crippen molar-refractivity contribution in [3.63, 3.8) is 0 Å². The zero-order valence-electron chi connectivity index (χ0n) is 18.1. The van der Waals surface area contributed by atoms with E-state index in [-0.39, 0.29) is 17.3 Å². The zero-order chi connectivity index (χ0) is 23.1. The molecule has 0 aliphatic rings. The highest BCUT2D eigenvalue weighted by atomic mass is 19.3. The Morgan fingerprint density at radius 1 is 0.812 bits per heavy atom. The van der Waals surface area contributed by atoms with Crippen molar-refractivity contribution in [2.24, 2.45) is 0 Å². The minimum Gasteiger partial charge on any atom is -0.497 e. The molecule has 5 nitrogen and oxygen atoms in total. The minimum atomic E-state index is -2.63. The second kappa shape index (κ2) is 10.7. The maximum atomic E-state index is 15.1. The number of methoxy groups -OCH3 is 3. The van der Waals surface area contributed by atoms with Gasteiger partial charge < -0.3 is 19.1 Å². The summed E-state index contributed by atoms with van der Waals surface area (Å²) in [5, 5.41) is 0. The van der Waals surface area contributed by atoms with Gasteiger partial charge in [-0.1, -0.05) is 24.3 Å². The molecule has 0 saturated carbocycles. The first-order valence-electron chi connectivity index (χ1n) is 9.95. The number of hydrogen-bond acceptors (Lipinski definition) is 5. The highest BCUT2D eigenvalue weighted by molar-refractivity contribution is 5.48. The molecule has 0 fully saturated rings. The lowest BCUT2D eigenvalue weighted by molar-refractivity contribution is 0.147. The molecule has 0 radical (unpaired) electrons. The fourth-order valence-corrected chi connectivity index (χ4v) is 3.32. The van der Waals surface area contributed by atoms with Crippen molar-refractivity contribution in [2.75, 3.05) is 26.2 Å². The highest BCUT2D eigenvalue weighted by Crippen LogP contribution is 2.29. The zero-order valence-corrected chi connectivity index (χ0v) is 18.1. The normalized spacial score (nSPS) is 10.8. The van der Waals surface area contributed by atoms with Crippen LogP contribution in [0.1, 0.15) is 16.7 Å². The molecule has 3 rings (SSSR count). The van der Waals surface area contributed by atoms with Crippen LogP contribution in [0.5, 0.6) is 17.4 Å². The number of ether oxygens (including phenoxy) is 3. The number of halogens is 3. The van der Waals surface area contributed by atoms with E-state index in [1.807, 2.05) is 48.5 Å². The van der Waals surface area contributed by atoms with Crippen LogP contribution in [0.2, 0.25) is 0 Å². The first kappa shape index (κ1) is 23.2. The van der Waals surface area contributed by atoms with Crippen molar-refractivity contribution in [2.45, 2.75) is 25.9 Å². The predicted octanol–water partition coefficient (Wildman–Crippen LogP) is 5.26. The molecular weight excluding hydrogens is 421 g/mol. The van der Waals surface area contributed by atoms with E-state index in [0.717, 1.165) is 17.2 Å². The molecular formula is C24H25F3N2O3. The van der Waals surface area contributed by atoms with Gasteiger partial charge in [-0.25, -0.2) is 13.2 Å². The largest absolute Gasteiger partial charge is 0.497 e. The van der Waals surface area contributed by atoms with Crippen LogP contribution in [0.25, 0.3) is 0 Å². The number of pyridine rings is 1. The number of nitrogens with zero attached hydrogens (tertiary/aromatic N) is 2. The Morgan fingerprint density at radius 2 is 1.31 bits per heavy atom. The van der Waals surface area contributed by atoms with E-state index >= 15 is 4.39 Å². The van der Waals surface area contributed by atoms with Crippen LogP contribution in [-0.4, -0.2) is 32.7 Å². The van der Waals surface area contributed by atoms with Crippen molar-refractivity contribution in [1.82, 2.24) is 4.98 Å². The maximum absolute atomic E-state index is 15.1. The molecule has 1 heterocycles. The number of benzene rings is 2. The van der Waals surface area contributed by atoms with Gasteiger partial charge in [0.25, 0.3) is 0 Å². The number of aromatic nitrogens is 1. The van der Waals surface area contributed by atoms with E-state index in [2.05, 4.69) is 4.98 Å². The Kier molecular flexibility index (Phi) is 7.81. The first-order chi connectivity index (χ1) is 15.4. The Bertz CT molecular complexity index is 963. The third kappa shape index (κ3) is 5.84. The first-order valence-corrected chi connectivity index (χ1v) is 9.95. The van der Waals surface area contributed by atoms with Crippen LogP contribution in [-0.2, 0) is 19.5 Å². The van der Waals surface area contributed by atoms with E-state index in [4.69, 9.17) is 14.2 Å². The lowest BCUT2D eigenvalue weighted by atomic mass is 10.1. The van der Waals surface area contributed by atoms with Gasteiger partial charge in [-0.05, 0) is 41.5 Å². The summed E-state index contributed by atoms with van der Waals surface area (Å²) in [6.07, 6.45) is -3.27. The van der Waals surface area contributed by atoms with Crippen LogP contribution in [0.3, 0.4) is 0 Å². The minimum absolute atomic E-state index is 0.0174. The summed E-state index contributed by atoms with van der Waals surface area (Å²) >= 11 is 0. The fourth-order valence-electron chi connectivity index (χ4n) is 3.32. The molecule has 0 aliphatic heterocycles. The second-order valence-electron chi connectivity index (χ2n) is 7.11. The van der Waals surface area contributed by atoms with E-state index in [1.165, 1.54) is 7.11 Å². The molecule has 8 heteroatoms. The molecule has 0 spiro atoms. The Hall–Kier alpha value is -3.42. The third-order valence-electron chi connectivity index (χ3n) is 4.93. The molecule has 0 unspecified atom stereocenters. The van der Waals surface area contributed by atoms with Crippen molar-refractivity contribution < 1.29 is 27.4 Å². The lowest BCUT2D eigenvalue weighted by Gasteiger charge is -2.25. The van der Waals surface area contributed by atoms with Gasteiger partial charge in [0.15, 0.2) is 11.6 Å². The summed E-state index contributed by atoms with van der Waals surface area (Å²) in [5.41, 5.74) is 1.82. The average Bonchev–Trinajstić information content (AvgIpc) is 2.79. The van der Waals surface area contributed by atoms with Gasteiger partial charge in [-0.15, -0.1) is 0 Å². The topological polar surface area (TPSA) is 43.8 Å². The van der Waals surface area contributed by atoms with Crippen LogP contribution < -0.4 is 19.1 Å². The predicted molar refractivity (Wildman–Crippen MR) is 116 cm³/mol. The number of hydrogen-bond donors (Lipinski definition) is 0. The van der Waals surface area contributed by atoms with Gasteiger partial charge in [-0.3, -0.25) is 0 Å². The van der Waals surface area contributed by atoms with E-state index in [1.54, 1.807) is 19.1 Å². The van der Waals surface area contributed by atoms with Crippen molar-refractivity contribution in [1.29, 1.82) is 0 Å². The van der Waals surface area contributed by atoms with Crippen LogP contribution in [0.4, 0.5) is 19.0 Å². The summed E-state index contributed by atoms with van der Waals surface area (Å²) in [6.45, 7) is 0.661. The lowest BCUT2D eigenvalue weighted by Crippen LogP contribution is -2.25. The molecule has 2 aromatic carbocycles. The van der Waals surface area contributed by atoms with Gasteiger partial charge in [0.2, 0.25) is 12.3 Å². The third-order valence-corrected chi connectivity index (χ3v) is 4.93. The molecule has 0 atom stereocenters. The molecule has 170 valence electrons. The number of alkyl halides is 2. The van der Waals surface area contributed by atoms with E-state index in [0.29, 0.717) is 24.6 Å². The van der Waals surface area contributed by atoms with Crippen LogP contribution in [0.15, 0.2) is 54.6 Å². The van der Waals surface area contributed by atoms with E-state index < -0.39 is 18.7 Å². The van der Waals surface area contributed by atoms with Gasteiger partial charge in [0.1, 0.15) is 11.5 Å². The fraction of sp³-hybridized carbons (Fsp3) is 0.292.